The van der Waals surface area contributed by atoms with Crippen LogP contribution in [0.1, 0.15) is 12.0 Å². The van der Waals surface area contributed by atoms with E-state index in [1.54, 1.807) is 32.8 Å². The average molecular weight is 393 g/mol. The van der Waals surface area contributed by atoms with E-state index in [4.69, 9.17) is 9.47 Å². The van der Waals surface area contributed by atoms with Gasteiger partial charge in [-0.15, -0.1) is 0 Å². The van der Waals surface area contributed by atoms with E-state index in [9.17, 15) is 0 Å². The van der Waals surface area contributed by atoms with Crippen LogP contribution >= 0.6 is 0 Å². The van der Waals surface area contributed by atoms with Gasteiger partial charge in [0.25, 0.3) is 5.88 Å². The van der Waals surface area contributed by atoms with E-state index in [-0.39, 0.29) is 0 Å². The smallest absolute Gasteiger partial charge is 0.257 e. The molecule has 0 aliphatic carbocycles. The molecule has 3 aromatic rings. The maximum absolute atomic E-state index is 5.55. The molecule has 3 saturated heterocycles. The largest absolute Gasteiger partial charge is 0.481 e. The number of pyridine rings is 1. The molecule has 9 nitrogen and oxygen atoms in total. The first-order chi connectivity index (χ1) is 14.2. The molecule has 1 N–H and O–H groups in total. The number of aromatic nitrogens is 5. The highest BCUT2D eigenvalue weighted by molar-refractivity contribution is 5.60. The summed E-state index contributed by atoms with van der Waals surface area (Å²) in [7, 11) is 3.27. The molecule has 3 aromatic heterocycles. The molecule has 6 heterocycles. The van der Waals surface area contributed by atoms with Crippen LogP contribution in [0.2, 0.25) is 0 Å². The Labute approximate surface area is 168 Å². The fourth-order valence-corrected chi connectivity index (χ4v) is 4.20. The van der Waals surface area contributed by atoms with Crippen molar-refractivity contribution in [3.63, 3.8) is 0 Å². The Morgan fingerprint density at radius 3 is 2.59 bits per heavy atom. The van der Waals surface area contributed by atoms with Crippen molar-refractivity contribution in [2.24, 2.45) is 0 Å². The third kappa shape index (κ3) is 3.27. The highest BCUT2D eigenvalue weighted by Crippen LogP contribution is 2.37. The maximum atomic E-state index is 5.55. The number of aromatic amines is 1. The van der Waals surface area contributed by atoms with Crippen molar-refractivity contribution in [2.75, 3.05) is 32.2 Å². The predicted octanol–water partition coefficient (Wildman–Crippen LogP) is 1.74. The minimum atomic E-state index is 0.496. The molecule has 29 heavy (non-hydrogen) atoms. The lowest BCUT2D eigenvalue weighted by molar-refractivity contribution is -0.00893. The van der Waals surface area contributed by atoms with Crippen LogP contribution in [0.3, 0.4) is 0 Å². The van der Waals surface area contributed by atoms with E-state index in [0.717, 1.165) is 36.7 Å². The van der Waals surface area contributed by atoms with E-state index < -0.39 is 0 Å². The minimum Gasteiger partial charge on any atom is -0.481 e. The molecule has 0 aromatic carbocycles. The lowest BCUT2D eigenvalue weighted by atomic mass is 9.87. The quantitative estimate of drug-likeness (QED) is 0.677. The number of H-pyrrole nitrogens is 1. The highest BCUT2D eigenvalue weighted by Gasteiger charge is 2.45. The zero-order valence-electron chi connectivity index (χ0n) is 16.4. The van der Waals surface area contributed by atoms with Gasteiger partial charge in [-0.25, -0.2) is 15.0 Å². The van der Waals surface area contributed by atoms with Gasteiger partial charge < -0.3 is 14.4 Å². The number of hydrogen-bond donors (Lipinski definition) is 1. The van der Waals surface area contributed by atoms with Crippen molar-refractivity contribution in [1.82, 2.24) is 30.0 Å². The average Bonchev–Trinajstić information content (AvgIpc) is 3.32. The van der Waals surface area contributed by atoms with Crippen molar-refractivity contribution in [1.29, 1.82) is 0 Å². The van der Waals surface area contributed by atoms with E-state index in [1.165, 1.54) is 12.0 Å². The lowest BCUT2D eigenvalue weighted by Gasteiger charge is -2.56. The van der Waals surface area contributed by atoms with Gasteiger partial charge in [-0.3, -0.25) is 10.00 Å². The maximum Gasteiger partial charge on any atom is 0.257 e. The molecule has 2 bridgehead atoms. The first kappa shape index (κ1) is 17.9. The van der Waals surface area contributed by atoms with Crippen LogP contribution < -0.4 is 14.4 Å². The van der Waals surface area contributed by atoms with Crippen LogP contribution in [-0.4, -0.2) is 69.4 Å². The zero-order chi connectivity index (χ0) is 19.8. The van der Waals surface area contributed by atoms with Gasteiger partial charge in [-0.05, 0) is 12.0 Å². The third-order valence-electron chi connectivity index (χ3n) is 5.73. The first-order valence-corrected chi connectivity index (χ1v) is 9.65. The van der Waals surface area contributed by atoms with E-state index in [2.05, 4.69) is 41.0 Å². The standard InChI is InChI=1S/C20H23N7O2/c1-28-18-4-3-13(6-21-18)10-27-15-5-16(27)12-26(11-15)19-20(29-2)25-17(9-22-19)14-7-23-24-8-14/h3-4,6-9,15-16H,5,10-12H2,1-2H3,(H,23,24). The zero-order valence-corrected chi connectivity index (χ0v) is 16.4. The topological polar surface area (TPSA) is 92.3 Å². The number of hydrogen-bond acceptors (Lipinski definition) is 8. The van der Waals surface area contributed by atoms with Crippen molar-refractivity contribution in [3.8, 4) is 23.0 Å². The second-order valence-corrected chi connectivity index (χ2v) is 7.40. The van der Waals surface area contributed by atoms with Crippen molar-refractivity contribution in [2.45, 2.75) is 25.0 Å². The van der Waals surface area contributed by atoms with Crippen LogP contribution in [0.4, 0.5) is 5.82 Å². The molecular formula is C20H23N7O2. The van der Waals surface area contributed by atoms with Crippen LogP contribution in [0, 0.1) is 0 Å². The Morgan fingerprint density at radius 2 is 1.93 bits per heavy atom. The summed E-state index contributed by atoms with van der Waals surface area (Å²) in [6.07, 6.45) is 8.41. The van der Waals surface area contributed by atoms with Gasteiger partial charge in [0.15, 0.2) is 5.82 Å². The molecule has 0 saturated carbocycles. The molecule has 0 amide bonds. The number of anilines is 1. The molecular weight excluding hydrogens is 370 g/mol. The fourth-order valence-electron chi connectivity index (χ4n) is 4.20. The Balaban J connectivity index is 1.29. The van der Waals surface area contributed by atoms with Gasteiger partial charge in [0.05, 0.1) is 32.3 Å². The fraction of sp³-hybridized carbons (Fsp3) is 0.400. The highest BCUT2D eigenvalue weighted by atomic mass is 16.5. The summed E-state index contributed by atoms with van der Waals surface area (Å²) in [6, 6.07) is 4.99. The van der Waals surface area contributed by atoms with E-state index in [0.29, 0.717) is 23.8 Å². The molecule has 0 spiro atoms. The summed E-state index contributed by atoms with van der Waals surface area (Å²) < 4.78 is 10.7. The minimum absolute atomic E-state index is 0.496. The molecule has 3 aliphatic rings. The molecule has 150 valence electrons. The summed E-state index contributed by atoms with van der Waals surface area (Å²) in [6.45, 7) is 2.73. The Bertz CT molecular complexity index is 965. The summed E-state index contributed by atoms with van der Waals surface area (Å²) in [5.41, 5.74) is 2.84. The van der Waals surface area contributed by atoms with Crippen LogP contribution in [0.5, 0.6) is 11.8 Å². The molecule has 2 atom stereocenters. The van der Waals surface area contributed by atoms with E-state index in [1.807, 2.05) is 12.3 Å². The SMILES string of the molecule is COc1ccc(CN2C3CC2CN(c2ncc(-c4cn[nH]c4)nc2OC)C3)cn1. The Hall–Kier alpha value is -3.20. The van der Waals surface area contributed by atoms with E-state index >= 15 is 0 Å². The number of methoxy groups -OCH3 is 2. The predicted molar refractivity (Wildman–Crippen MR) is 107 cm³/mol. The molecule has 3 fully saturated rings. The lowest BCUT2D eigenvalue weighted by Crippen LogP contribution is -2.68. The number of rotatable bonds is 6. The van der Waals surface area contributed by atoms with Gasteiger partial charge in [0, 0.05) is 55.7 Å². The van der Waals surface area contributed by atoms with Crippen molar-refractivity contribution >= 4 is 5.82 Å². The second-order valence-electron chi connectivity index (χ2n) is 7.40. The number of nitrogens with one attached hydrogen (secondary N) is 1. The van der Waals surface area contributed by atoms with Gasteiger partial charge in [-0.2, -0.15) is 5.10 Å². The van der Waals surface area contributed by atoms with Crippen molar-refractivity contribution in [3.05, 3.63) is 42.5 Å². The van der Waals surface area contributed by atoms with Gasteiger partial charge in [0.2, 0.25) is 5.88 Å². The number of ether oxygens (including phenoxy) is 2. The monoisotopic (exact) mass is 393 g/mol. The second kappa shape index (κ2) is 7.32. The number of fused-ring (bicyclic) bond motifs is 2. The van der Waals surface area contributed by atoms with Gasteiger partial charge in [-0.1, -0.05) is 6.07 Å². The molecule has 2 unspecified atom stereocenters. The molecule has 6 rings (SSSR count). The van der Waals surface area contributed by atoms with Crippen LogP contribution in [0.15, 0.2) is 36.9 Å². The summed E-state index contributed by atoms with van der Waals surface area (Å²) in [4.78, 5) is 18.4. The summed E-state index contributed by atoms with van der Waals surface area (Å²) >= 11 is 0. The Kier molecular flexibility index (Phi) is 4.51. The van der Waals surface area contributed by atoms with Crippen LogP contribution in [-0.2, 0) is 6.54 Å². The van der Waals surface area contributed by atoms with Crippen LogP contribution in [0.25, 0.3) is 11.3 Å². The summed E-state index contributed by atoms with van der Waals surface area (Å²) in [5, 5.41) is 6.77. The summed E-state index contributed by atoms with van der Waals surface area (Å²) in [5.74, 6) is 2.00. The molecule has 0 radical (unpaired) electrons. The molecule has 9 heteroatoms. The number of piperazine rings is 1. The molecule has 3 aliphatic heterocycles. The number of nitrogens with zero attached hydrogens (tertiary/aromatic N) is 6. The van der Waals surface area contributed by atoms with Crippen molar-refractivity contribution < 1.29 is 9.47 Å². The third-order valence-corrected chi connectivity index (χ3v) is 5.73. The first-order valence-electron chi connectivity index (χ1n) is 9.65. The van der Waals surface area contributed by atoms with Gasteiger partial charge >= 0.3 is 0 Å². The normalized spacial score (nSPS) is 21.0. The van der Waals surface area contributed by atoms with Gasteiger partial charge in [0.1, 0.15) is 0 Å². The number of piperidine rings is 1. The Morgan fingerprint density at radius 1 is 1.07 bits per heavy atom.